The molecule has 0 bridgehead atoms. The first kappa shape index (κ1) is 11.9. The number of aromatic nitrogens is 1. The Bertz CT molecular complexity index is 445. The molecule has 1 amide bonds. The van der Waals surface area contributed by atoms with Crippen LogP contribution in [0.25, 0.3) is 5.57 Å². The van der Waals surface area contributed by atoms with Gasteiger partial charge < -0.3 is 5.11 Å². The molecule has 0 aromatic carbocycles. The van der Waals surface area contributed by atoms with Crippen LogP contribution in [0.2, 0.25) is 5.02 Å². The molecule has 1 aliphatic rings. The van der Waals surface area contributed by atoms with Crippen LogP contribution in [0.15, 0.2) is 24.4 Å². The van der Waals surface area contributed by atoms with Crippen molar-refractivity contribution >= 4 is 23.3 Å². The van der Waals surface area contributed by atoms with Crippen LogP contribution in [-0.4, -0.2) is 34.3 Å². The molecular formula is C11H12ClN3O2. The molecule has 1 aromatic heterocycles. The maximum Gasteiger partial charge on any atom is 0.419 e. The fraction of sp³-hybridized carbons (Fsp3) is 0.273. The molecule has 5 nitrogen and oxygen atoms in total. The van der Waals surface area contributed by atoms with Crippen molar-refractivity contribution < 1.29 is 9.90 Å². The van der Waals surface area contributed by atoms with Crippen molar-refractivity contribution in [3.63, 3.8) is 0 Å². The number of carbonyl (C=O) groups is 1. The Morgan fingerprint density at radius 1 is 1.53 bits per heavy atom. The van der Waals surface area contributed by atoms with Gasteiger partial charge in [0.1, 0.15) is 0 Å². The van der Waals surface area contributed by atoms with Crippen molar-refractivity contribution in [3.8, 4) is 0 Å². The highest BCUT2D eigenvalue weighted by molar-refractivity contribution is 6.30. The van der Waals surface area contributed by atoms with Crippen LogP contribution in [-0.2, 0) is 0 Å². The van der Waals surface area contributed by atoms with E-state index in [1.807, 2.05) is 12.1 Å². The highest BCUT2D eigenvalue weighted by atomic mass is 35.5. The smallest absolute Gasteiger partial charge is 0.419 e. The molecule has 1 aromatic rings. The molecule has 0 atom stereocenters. The average molecular weight is 254 g/mol. The van der Waals surface area contributed by atoms with Gasteiger partial charge in [0.25, 0.3) is 0 Å². The number of rotatable bonds is 2. The molecule has 90 valence electrons. The quantitative estimate of drug-likeness (QED) is 0.846. The summed E-state index contributed by atoms with van der Waals surface area (Å²) in [6, 6.07) is 3.67. The Kier molecular flexibility index (Phi) is 3.61. The van der Waals surface area contributed by atoms with Gasteiger partial charge in [-0.3, -0.25) is 10.4 Å². The third-order valence-corrected chi connectivity index (χ3v) is 2.74. The lowest BCUT2D eigenvalue weighted by Crippen LogP contribution is -2.43. The zero-order valence-electron chi connectivity index (χ0n) is 9.06. The first-order valence-electron chi connectivity index (χ1n) is 5.20. The second-order valence-electron chi connectivity index (χ2n) is 3.70. The first-order chi connectivity index (χ1) is 8.15. The monoisotopic (exact) mass is 253 g/mol. The Labute approximate surface area is 104 Å². The van der Waals surface area contributed by atoms with E-state index in [1.165, 1.54) is 0 Å². The van der Waals surface area contributed by atoms with E-state index in [9.17, 15) is 4.79 Å². The van der Waals surface area contributed by atoms with Gasteiger partial charge in [-0.05, 0) is 24.1 Å². The molecule has 0 aliphatic carbocycles. The molecule has 0 unspecified atom stereocenters. The zero-order chi connectivity index (χ0) is 12.3. The number of pyridine rings is 1. The minimum absolute atomic E-state index is 0.548. The fourth-order valence-electron chi connectivity index (χ4n) is 1.70. The molecule has 6 heteroatoms. The summed E-state index contributed by atoms with van der Waals surface area (Å²) in [4.78, 5) is 14.7. The largest absolute Gasteiger partial charge is 0.464 e. The maximum atomic E-state index is 10.5. The number of carboxylic acid groups (broad SMARTS) is 1. The van der Waals surface area contributed by atoms with Crippen LogP contribution < -0.4 is 5.43 Å². The number of halogens is 1. The summed E-state index contributed by atoms with van der Waals surface area (Å²) >= 11 is 5.77. The lowest BCUT2D eigenvalue weighted by molar-refractivity contribution is 0.146. The van der Waals surface area contributed by atoms with Gasteiger partial charge in [0.15, 0.2) is 0 Å². The van der Waals surface area contributed by atoms with Gasteiger partial charge in [0.05, 0.1) is 10.7 Å². The average Bonchev–Trinajstić information content (AvgIpc) is 2.30. The Balaban J connectivity index is 2.03. The van der Waals surface area contributed by atoms with E-state index in [0.717, 1.165) is 17.7 Å². The zero-order valence-corrected chi connectivity index (χ0v) is 9.81. The Morgan fingerprint density at radius 3 is 2.88 bits per heavy atom. The molecular weight excluding hydrogens is 242 g/mol. The van der Waals surface area contributed by atoms with E-state index < -0.39 is 6.09 Å². The second-order valence-corrected chi connectivity index (χ2v) is 4.14. The Hall–Kier alpha value is -1.59. The van der Waals surface area contributed by atoms with Gasteiger partial charge in [0, 0.05) is 19.3 Å². The molecule has 17 heavy (non-hydrogen) atoms. The molecule has 2 rings (SSSR count). The summed E-state index contributed by atoms with van der Waals surface area (Å²) in [5.41, 5.74) is 4.34. The highest BCUT2D eigenvalue weighted by Crippen LogP contribution is 2.20. The summed E-state index contributed by atoms with van der Waals surface area (Å²) < 4.78 is 0. The minimum Gasteiger partial charge on any atom is -0.464 e. The van der Waals surface area contributed by atoms with E-state index in [4.69, 9.17) is 16.7 Å². The van der Waals surface area contributed by atoms with Gasteiger partial charge in [-0.1, -0.05) is 17.7 Å². The van der Waals surface area contributed by atoms with Crippen molar-refractivity contribution in [2.24, 2.45) is 0 Å². The third-order valence-electron chi connectivity index (χ3n) is 2.52. The first-order valence-corrected chi connectivity index (χ1v) is 5.58. The molecule has 2 heterocycles. The molecule has 0 saturated heterocycles. The molecule has 0 spiro atoms. The molecule has 1 aliphatic heterocycles. The van der Waals surface area contributed by atoms with Crippen LogP contribution in [0, 0.1) is 0 Å². The highest BCUT2D eigenvalue weighted by Gasteiger charge is 2.14. The summed E-state index contributed by atoms with van der Waals surface area (Å²) in [6.45, 7) is 1.19. The maximum absolute atomic E-state index is 10.5. The SMILES string of the molecule is O=C(O)NN1CC=C(c2ccc(Cl)cn2)CC1. The van der Waals surface area contributed by atoms with E-state index in [2.05, 4.69) is 10.4 Å². The van der Waals surface area contributed by atoms with E-state index in [-0.39, 0.29) is 0 Å². The molecule has 0 radical (unpaired) electrons. The van der Waals surface area contributed by atoms with Crippen LogP contribution in [0.5, 0.6) is 0 Å². The summed E-state index contributed by atoms with van der Waals surface area (Å²) in [7, 11) is 0. The normalized spacial score (nSPS) is 16.4. The lowest BCUT2D eigenvalue weighted by Gasteiger charge is -2.25. The van der Waals surface area contributed by atoms with Crippen LogP contribution >= 0.6 is 11.6 Å². The predicted molar refractivity (Wildman–Crippen MR) is 64.6 cm³/mol. The van der Waals surface area contributed by atoms with Crippen molar-refractivity contribution in [2.45, 2.75) is 6.42 Å². The molecule has 0 fully saturated rings. The number of amides is 1. The van der Waals surface area contributed by atoms with Crippen LogP contribution in [0.3, 0.4) is 0 Å². The number of nitrogens with zero attached hydrogens (tertiary/aromatic N) is 2. The van der Waals surface area contributed by atoms with Gasteiger partial charge in [-0.2, -0.15) is 0 Å². The van der Waals surface area contributed by atoms with Crippen molar-refractivity contribution in [1.82, 2.24) is 15.4 Å². The van der Waals surface area contributed by atoms with Gasteiger partial charge in [-0.15, -0.1) is 0 Å². The lowest BCUT2D eigenvalue weighted by atomic mass is 10.1. The molecule has 2 N–H and O–H groups in total. The number of hydrazine groups is 1. The summed E-state index contributed by atoms with van der Waals surface area (Å²) in [5, 5.41) is 10.8. The Morgan fingerprint density at radius 2 is 2.35 bits per heavy atom. The molecule has 0 saturated carbocycles. The number of nitrogens with one attached hydrogen (secondary N) is 1. The number of hydrogen-bond acceptors (Lipinski definition) is 3. The van der Waals surface area contributed by atoms with Gasteiger partial charge in [0.2, 0.25) is 0 Å². The van der Waals surface area contributed by atoms with Crippen molar-refractivity contribution in [2.75, 3.05) is 13.1 Å². The van der Waals surface area contributed by atoms with Crippen molar-refractivity contribution in [3.05, 3.63) is 35.1 Å². The fourth-order valence-corrected chi connectivity index (χ4v) is 1.82. The van der Waals surface area contributed by atoms with E-state index >= 15 is 0 Å². The standard InChI is InChI=1S/C11H12ClN3O2/c12-9-1-2-10(13-7-9)8-3-5-15(6-4-8)14-11(16)17/h1-3,7,14H,4-6H2,(H,16,17). The number of hydrogen-bond donors (Lipinski definition) is 2. The second kappa shape index (κ2) is 5.16. The predicted octanol–water partition coefficient (Wildman–Crippen LogP) is 2.01. The van der Waals surface area contributed by atoms with Crippen LogP contribution in [0.4, 0.5) is 4.79 Å². The van der Waals surface area contributed by atoms with Gasteiger partial charge in [-0.25, -0.2) is 9.80 Å². The summed E-state index contributed by atoms with van der Waals surface area (Å²) in [5.74, 6) is 0. The minimum atomic E-state index is -1.04. The summed E-state index contributed by atoms with van der Waals surface area (Å²) in [6.07, 6.45) is 3.30. The van der Waals surface area contributed by atoms with E-state index in [1.54, 1.807) is 17.3 Å². The topological polar surface area (TPSA) is 65.5 Å². The third kappa shape index (κ3) is 3.18. The van der Waals surface area contributed by atoms with Crippen LogP contribution in [0.1, 0.15) is 12.1 Å². The van der Waals surface area contributed by atoms with E-state index in [0.29, 0.717) is 18.1 Å². The van der Waals surface area contributed by atoms with Crippen molar-refractivity contribution in [1.29, 1.82) is 0 Å². The van der Waals surface area contributed by atoms with Gasteiger partial charge >= 0.3 is 6.09 Å².